The van der Waals surface area contributed by atoms with E-state index in [1.807, 2.05) is 19.3 Å². The molecule has 1 aromatic carbocycles. The van der Waals surface area contributed by atoms with Crippen LogP contribution in [0.1, 0.15) is 17.3 Å². The molecule has 1 atom stereocenters. The van der Waals surface area contributed by atoms with Gasteiger partial charge < -0.3 is 5.32 Å². The molecule has 2 rings (SSSR count). The van der Waals surface area contributed by atoms with Gasteiger partial charge in [-0.15, -0.1) is 0 Å². The standard InChI is InChI=1S/C12H13ClFN3/c1-15-12(10-6-7-17(2)16-10)8-4-3-5-9(13)11(8)14/h3-7,12,15H,1-2H3. The van der Waals surface area contributed by atoms with E-state index in [0.717, 1.165) is 5.69 Å². The molecule has 1 unspecified atom stereocenters. The summed E-state index contributed by atoms with van der Waals surface area (Å²) in [6, 6.07) is 6.52. The highest BCUT2D eigenvalue weighted by Crippen LogP contribution is 2.26. The summed E-state index contributed by atoms with van der Waals surface area (Å²) in [6.07, 6.45) is 1.82. The molecule has 1 aromatic heterocycles. The van der Waals surface area contributed by atoms with E-state index in [9.17, 15) is 4.39 Å². The third-order valence-corrected chi connectivity index (χ3v) is 2.90. The van der Waals surface area contributed by atoms with Crippen molar-refractivity contribution in [2.45, 2.75) is 6.04 Å². The second-order valence-electron chi connectivity index (χ2n) is 3.78. The predicted molar refractivity (Wildman–Crippen MR) is 65.5 cm³/mol. The fourth-order valence-electron chi connectivity index (χ4n) is 1.79. The molecular formula is C12H13ClFN3. The molecule has 17 heavy (non-hydrogen) atoms. The van der Waals surface area contributed by atoms with Gasteiger partial charge in [0.15, 0.2) is 0 Å². The molecule has 0 amide bonds. The van der Waals surface area contributed by atoms with Gasteiger partial charge in [0.05, 0.1) is 16.8 Å². The Morgan fingerprint density at radius 1 is 1.41 bits per heavy atom. The number of nitrogens with one attached hydrogen (secondary N) is 1. The van der Waals surface area contributed by atoms with Crippen molar-refractivity contribution in [3.05, 3.63) is 52.6 Å². The van der Waals surface area contributed by atoms with E-state index in [1.54, 1.807) is 23.9 Å². The lowest BCUT2D eigenvalue weighted by Gasteiger charge is -2.15. The smallest absolute Gasteiger partial charge is 0.146 e. The lowest BCUT2D eigenvalue weighted by atomic mass is 10.0. The summed E-state index contributed by atoms with van der Waals surface area (Å²) in [5.41, 5.74) is 1.26. The lowest BCUT2D eigenvalue weighted by Crippen LogP contribution is -2.19. The Bertz CT molecular complexity index is 524. The number of rotatable bonds is 3. The summed E-state index contributed by atoms with van der Waals surface area (Å²) in [5, 5.41) is 7.44. The first kappa shape index (κ1) is 12.1. The lowest BCUT2D eigenvalue weighted by molar-refractivity contribution is 0.565. The van der Waals surface area contributed by atoms with E-state index in [2.05, 4.69) is 10.4 Å². The molecule has 0 aliphatic heterocycles. The van der Waals surface area contributed by atoms with E-state index in [1.165, 1.54) is 6.07 Å². The molecule has 0 aliphatic carbocycles. The van der Waals surface area contributed by atoms with Gasteiger partial charge in [-0.05, 0) is 19.2 Å². The molecular weight excluding hydrogens is 241 g/mol. The molecule has 5 heteroatoms. The molecule has 0 spiro atoms. The molecule has 90 valence electrons. The minimum Gasteiger partial charge on any atom is -0.308 e. The number of aryl methyl sites for hydroxylation is 1. The Hall–Kier alpha value is -1.39. The van der Waals surface area contributed by atoms with Crippen LogP contribution in [-0.4, -0.2) is 16.8 Å². The van der Waals surface area contributed by atoms with Crippen LogP contribution in [0.3, 0.4) is 0 Å². The predicted octanol–water partition coefficient (Wildman–Crippen LogP) is 2.52. The van der Waals surface area contributed by atoms with Crippen LogP contribution in [0.15, 0.2) is 30.5 Å². The highest BCUT2D eigenvalue weighted by Gasteiger charge is 2.19. The summed E-state index contributed by atoms with van der Waals surface area (Å²) in [4.78, 5) is 0. The van der Waals surface area contributed by atoms with E-state index in [0.29, 0.717) is 5.56 Å². The van der Waals surface area contributed by atoms with Crippen molar-refractivity contribution in [1.82, 2.24) is 15.1 Å². The van der Waals surface area contributed by atoms with Gasteiger partial charge in [0.25, 0.3) is 0 Å². The molecule has 0 fully saturated rings. The maximum Gasteiger partial charge on any atom is 0.146 e. The minimum atomic E-state index is -0.404. The molecule has 1 heterocycles. The number of aromatic nitrogens is 2. The molecule has 0 aliphatic rings. The molecule has 2 aromatic rings. The zero-order valence-electron chi connectivity index (χ0n) is 9.61. The Labute approximate surface area is 104 Å². The van der Waals surface area contributed by atoms with Crippen LogP contribution in [0, 0.1) is 5.82 Å². The number of nitrogens with zero attached hydrogens (tertiary/aromatic N) is 2. The molecule has 0 radical (unpaired) electrons. The van der Waals surface area contributed by atoms with Crippen LogP contribution in [0.2, 0.25) is 5.02 Å². The number of benzene rings is 1. The summed E-state index contributed by atoms with van der Waals surface area (Å²) >= 11 is 5.78. The van der Waals surface area contributed by atoms with E-state index < -0.39 is 5.82 Å². The average molecular weight is 254 g/mol. The zero-order valence-corrected chi connectivity index (χ0v) is 10.4. The van der Waals surface area contributed by atoms with Crippen molar-refractivity contribution >= 4 is 11.6 Å². The highest BCUT2D eigenvalue weighted by atomic mass is 35.5. The largest absolute Gasteiger partial charge is 0.308 e. The first-order chi connectivity index (χ1) is 8.13. The van der Waals surface area contributed by atoms with Gasteiger partial charge in [-0.25, -0.2) is 4.39 Å². The summed E-state index contributed by atoms with van der Waals surface area (Å²) in [7, 11) is 3.59. The average Bonchev–Trinajstić information content (AvgIpc) is 2.72. The van der Waals surface area contributed by atoms with Crippen LogP contribution in [0.5, 0.6) is 0 Å². The van der Waals surface area contributed by atoms with Crippen molar-refractivity contribution in [2.24, 2.45) is 7.05 Å². The molecule has 3 nitrogen and oxygen atoms in total. The van der Waals surface area contributed by atoms with Crippen molar-refractivity contribution in [1.29, 1.82) is 0 Å². The van der Waals surface area contributed by atoms with E-state index in [4.69, 9.17) is 11.6 Å². The van der Waals surface area contributed by atoms with Crippen molar-refractivity contribution in [3.8, 4) is 0 Å². The highest BCUT2D eigenvalue weighted by molar-refractivity contribution is 6.30. The Morgan fingerprint density at radius 3 is 2.76 bits per heavy atom. The Morgan fingerprint density at radius 2 is 2.18 bits per heavy atom. The zero-order chi connectivity index (χ0) is 12.4. The first-order valence-corrected chi connectivity index (χ1v) is 5.62. The quantitative estimate of drug-likeness (QED) is 0.911. The number of halogens is 2. The minimum absolute atomic E-state index is 0.124. The van der Waals surface area contributed by atoms with Crippen molar-refractivity contribution < 1.29 is 4.39 Å². The third kappa shape index (κ3) is 2.33. The van der Waals surface area contributed by atoms with Gasteiger partial charge in [-0.1, -0.05) is 23.7 Å². The van der Waals surface area contributed by atoms with Gasteiger partial charge in [-0.3, -0.25) is 4.68 Å². The van der Waals surface area contributed by atoms with Crippen LogP contribution in [0.25, 0.3) is 0 Å². The fraction of sp³-hybridized carbons (Fsp3) is 0.250. The summed E-state index contributed by atoms with van der Waals surface area (Å²) in [6.45, 7) is 0. The molecule has 0 bridgehead atoms. The van der Waals surface area contributed by atoms with Gasteiger partial charge in [0.2, 0.25) is 0 Å². The molecule has 0 saturated carbocycles. The second-order valence-corrected chi connectivity index (χ2v) is 4.19. The monoisotopic (exact) mass is 253 g/mol. The number of hydrogen-bond donors (Lipinski definition) is 1. The van der Waals surface area contributed by atoms with Crippen molar-refractivity contribution in [3.63, 3.8) is 0 Å². The maximum absolute atomic E-state index is 13.9. The molecule has 0 saturated heterocycles. The summed E-state index contributed by atoms with van der Waals surface area (Å²) < 4.78 is 15.6. The topological polar surface area (TPSA) is 29.9 Å². The van der Waals surface area contributed by atoms with Gasteiger partial charge >= 0.3 is 0 Å². The first-order valence-electron chi connectivity index (χ1n) is 5.24. The van der Waals surface area contributed by atoms with Gasteiger partial charge in [-0.2, -0.15) is 5.10 Å². The SMILES string of the molecule is CNC(c1ccn(C)n1)c1cccc(Cl)c1F. The Balaban J connectivity index is 2.45. The van der Waals surface area contributed by atoms with Gasteiger partial charge in [0, 0.05) is 18.8 Å². The van der Waals surface area contributed by atoms with Crippen molar-refractivity contribution in [2.75, 3.05) is 7.05 Å². The summed E-state index contributed by atoms with van der Waals surface area (Å²) in [5.74, 6) is -0.404. The van der Waals surface area contributed by atoms with Gasteiger partial charge in [0.1, 0.15) is 5.82 Å². The second kappa shape index (κ2) is 4.85. The number of hydrogen-bond acceptors (Lipinski definition) is 2. The van der Waals surface area contributed by atoms with Crippen LogP contribution in [-0.2, 0) is 7.05 Å². The fourth-order valence-corrected chi connectivity index (χ4v) is 1.97. The van der Waals surface area contributed by atoms with Crippen LogP contribution < -0.4 is 5.32 Å². The molecule has 1 N–H and O–H groups in total. The normalized spacial score (nSPS) is 12.7. The Kier molecular flexibility index (Phi) is 3.45. The van der Waals surface area contributed by atoms with E-state index in [-0.39, 0.29) is 11.1 Å². The van der Waals surface area contributed by atoms with E-state index >= 15 is 0 Å². The maximum atomic E-state index is 13.9. The van der Waals surface area contributed by atoms with Crippen LogP contribution in [0.4, 0.5) is 4.39 Å². The van der Waals surface area contributed by atoms with Crippen LogP contribution >= 0.6 is 11.6 Å². The third-order valence-electron chi connectivity index (χ3n) is 2.61.